The van der Waals surface area contributed by atoms with Gasteiger partial charge in [0.25, 0.3) is 0 Å². The molecule has 2 rings (SSSR count). The van der Waals surface area contributed by atoms with Crippen LogP contribution in [-0.2, 0) is 6.54 Å². The normalized spacial score (nSPS) is 10.1. The Morgan fingerprint density at radius 1 is 1.20 bits per heavy atom. The fourth-order valence-electron chi connectivity index (χ4n) is 1.97. The van der Waals surface area contributed by atoms with Gasteiger partial charge in [-0.05, 0) is 42.8 Å². The van der Waals surface area contributed by atoms with Crippen LogP contribution in [0.4, 0.5) is 11.4 Å². The zero-order valence-electron chi connectivity index (χ0n) is 11.7. The van der Waals surface area contributed by atoms with E-state index in [0.717, 1.165) is 22.6 Å². The molecule has 20 heavy (non-hydrogen) atoms. The SMILES string of the molecule is COc1ccc(CNc2ccc(N)cc2C(C)=N)cc1. The van der Waals surface area contributed by atoms with E-state index in [2.05, 4.69) is 5.32 Å². The van der Waals surface area contributed by atoms with E-state index in [-0.39, 0.29) is 0 Å². The number of nitrogens with two attached hydrogens (primary N) is 1. The second-order valence-corrected chi connectivity index (χ2v) is 4.63. The number of nitrogen functional groups attached to an aromatic ring is 1. The molecule has 0 aromatic heterocycles. The summed E-state index contributed by atoms with van der Waals surface area (Å²) in [5.74, 6) is 0.845. The third kappa shape index (κ3) is 3.29. The molecule has 4 N–H and O–H groups in total. The molecule has 4 nitrogen and oxygen atoms in total. The second-order valence-electron chi connectivity index (χ2n) is 4.63. The Hall–Kier alpha value is -2.49. The van der Waals surface area contributed by atoms with Gasteiger partial charge in [0.1, 0.15) is 5.75 Å². The van der Waals surface area contributed by atoms with Gasteiger partial charge in [0.05, 0.1) is 7.11 Å². The van der Waals surface area contributed by atoms with E-state index in [0.29, 0.717) is 17.9 Å². The Labute approximate surface area is 119 Å². The molecular formula is C16H19N3O. The van der Waals surface area contributed by atoms with Crippen molar-refractivity contribution in [3.8, 4) is 5.75 Å². The molecule has 0 amide bonds. The Balaban J connectivity index is 2.12. The van der Waals surface area contributed by atoms with Crippen molar-refractivity contribution >= 4 is 17.1 Å². The molecule has 4 heteroatoms. The molecule has 0 aliphatic carbocycles. The molecule has 0 radical (unpaired) electrons. The average Bonchev–Trinajstić information content (AvgIpc) is 2.46. The van der Waals surface area contributed by atoms with Crippen molar-refractivity contribution in [1.82, 2.24) is 0 Å². The van der Waals surface area contributed by atoms with E-state index >= 15 is 0 Å². The maximum atomic E-state index is 7.80. The summed E-state index contributed by atoms with van der Waals surface area (Å²) in [6.45, 7) is 2.45. The summed E-state index contributed by atoms with van der Waals surface area (Å²) in [5, 5.41) is 11.1. The lowest BCUT2D eigenvalue weighted by Gasteiger charge is -2.12. The highest BCUT2D eigenvalue weighted by atomic mass is 16.5. The van der Waals surface area contributed by atoms with Crippen LogP contribution in [0.15, 0.2) is 42.5 Å². The third-order valence-corrected chi connectivity index (χ3v) is 3.09. The number of hydrogen-bond acceptors (Lipinski definition) is 4. The van der Waals surface area contributed by atoms with Crippen molar-refractivity contribution < 1.29 is 4.74 Å². The third-order valence-electron chi connectivity index (χ3n) is 3.09. The molecule has 0 aliphatic rings. The molecule has 2 aromatic carbocycles. The molecule has 104 valence electrons. The molecule has 0 spiro atoms. The molecule has 0 atom stereocenters. The highest BCUT2D eigenvalue weighted by molar-refractivity contribution is 6.02. The topological polar surface area (TPSA) is 71.1 Å². The van der Waals surface area contributed by atoms with Gasteiger partial charge in [-0.3, -0.25) is 0 Å². The fourth-order valence-corrected chi connectivity index (χ4v) is 1.97. The van der Waals surface area contributed by atoms with E-state index in [9.17, 15) is 0 Å². The summed E-state index contributed by atoms with van der Waals surface area (Å²) in [6.07, 6.45) is 0. The number of nitrogens with one attached hydrogen (secondary N) is 2. The van der Waals surface area contributed by atoms with E-state index in [1.165, 1.54) is 0 Å². The first-order chi connectivity index (χ1) is 9.60. The molecule has 0 fully saturated rings. The predicted molar refractivity (Wildman–Crippen MR) is 83.7 cm³/mol. The first kappa shape index (κ1) is 13.9. The smallest absolute Gasteiger partial charge is 0.118 e. The van der Waals surface area contributed by atoms with E-state index in [4.69, 9.17) is 15.9 Å². The monoisotopic (exact) mass is 269 g/mol. The largest absolute Gasteiger partial charge is 0.497 e. The lowest BCUT2D eigenvalue weighted by molar-refractivity contribution is 0.414. The van der Waals surface area contributed by atoms with Gasteiger partial charge < -0.3 is 21.2 Å². The minimum absolute atomic E-state index is 0.495. The molecule has 0 saturated heterocycles. The van der Waals surface area contributed by atoms with Crippen molar-refractivity contribution in [3.63, 3.8) is 0 Å². The Bertz CT molecular complexity index is 606. The minimum Gasteiger partial charge on any atom is -0.497 e. The summed E-state index contributed by atoms with van der Waals surface area (Å²) in [4.78, 5) is 0. The van der Waals surface area contributed by atoms with Gasteiger partial charge in [-0.2, -0.15) is 0 Å². The van der Waals surface area contributed by atoms with Crippen LogP contribution in [0.3, 0.4) is 0 Å². The lowest BCUT2D eigenvalue weighted by Crippen LogP contribution is -2.05. The number of ether oxygens (including phenoxy) is 1. The van der Waals surface area contributed by atoms with Gasteiger partial charge >= 0.3 is 0 Å². The summed E-state index contributed by atoms with van der Waals surface area (Å²) >= 11 is 0. The quantitative estimate of drug-likeness (QED) is 0.576. The summed E-state index contributed by atoms with van der Waals surface area (Å²) in [7, 11) is 1.65. The van der Waals surface area contributed by atoms with Gasteiger partial charge in [0.2, 0.25) is 0 Å². The molecule has 0 aliphatic heterocycles. The Morgan fingerprint density at radius 3 is 2.50 bits per heavy atom. The number of anilines is 2. The molecular weight excluding hydrogens is 250 g/mol. The van der Waals surface area contributed by atoms with Gasteiger partial charge in [-0.15, -0.1) is 0 Å². The summed E-state index contributed by atoms with van der Waals surface area (Å²) < 4.78 is 5.13. The van der Waals surface area contributed by atoms with Crippen LogP contribution in [0, 0.1) is 5.41 Å². The molecule has 0 heterocycles. The van der Waals surface area contributed by atoms with Crippen molar-refractivity contribution in [1.29, 1.82) is 5.41 Å². The maximum Gasteiger partial charge on any atom is 0.118 e. The van der Waals surface area contributed by atoms with Crippen molar-refractivity contribution in [2.75, 3.05) is 18.2 Å². The van der Waals surface area contributed by atoms with Crippen LogP contribution < -0.4 is 15.8 Å². The van der Waals surface area contributed by atoms with Gasteiger partial charge in [-0.25, -0.2) is 0 Å². The average molecular weight is 269 g/mol. The van der Waals surface area contributed by atoms with E-state index in [1.807, 2.05) is 42.5 Å². The maximum absolute atomic E-state index is 7.80. The number of hydrogen-bond donors (Lipinski definition) is 3. The van der Waals surface area contributed by atoms with Crippen molar-refractivity contribution in [2.45, 2.75) is 13.5 Å². The van der Waals surface area contributed by atoms with Crippen LogP contribution in [0.1, 0.15) is 18.1 Å². The second kappa shape index (κ2) is 6.10. The van der Waals surface area contributed by atoms with Crippen molar-refractivity contribution in [2.24, 2.45) is 0 Å². The Morgan fingerprint density at radius 2 is 1.90 bits per heavy atom. The molecule has 0 unspecified atom stereocenters. The van der Waals surface area contributed by atoms with Crippen LogP contribution in [0.2, 0.25) is 0 Å². The zero-order chi connectivity index (χ0) is 14.5. The number of rotatable bonds is 5. The van der Waals surface area contributed by atoms with Crippen LogP contribution in [-0.4, -0.2) is 12.8 Å². The first-order valence-electron chi connectivity index (χ1n) is 6.42. The molecule has 2 aromatic rings. The number of methoxy groups -OCH3 is 1. The van der Waals surface area contributed by atoms with E-state index < -0.39 is 0 Å². The van der Waals surface area contributed by atoms with Gasteiger partial charge in [0, 0.05) is 29.2 Å². The molecule has 0 saturated carbocycles. The highest BCUT2D eigenvalue weighted by Gasteiger charge is 2.05. The number of benzene rings is 2. The predicted octanol–water partition coefficient (Wildman–Crippen LogP) is 3.28. The zero-order valence-corrected chi connectivity index (χ0v) is 11.7. The first-order valence-corrected chi connectivity index (χ1v) is 6.42. The van der Waals surface area contributed by atoms with Crippen LogP contribution in [0.25, 0.3) is 0 Å². The fraction of sp³-hybridized carbons (Fsp3) is 0.188. The van der Waals surface area contributed by atoms with Crippen LogP contribution in [0.5, 0.6) is 5.75 Å². The minimum atomic E-state index is 0.495. The van der Waals surface area contributed by atoms with Gasteiger partial charge in [-0.1, -0.05) is 12.1 Å². The lowest BCUT2D eigenvalue weighted by atomic mass is 10.1. The van der Waals surface area contributed by atoms with Gasteiger partial charge in [0.15, 0.2) is 0 Å². The van der Waals surface area contributed by atoms with Crippen LogP contribution >= 0.6 is 0 Å². The highest BCUT2D eigenvalue weighted by Crippen LogP contribution is 2.20. The standard InChI is InChI=1S/C16H19N3O/c1-11(17)15-9-13(18)5-8-16(15)19-10-12-3-6-14(20-2)7-4-12/h3-9,17,19H,10,18H2,1-2H3. The van der Waals surface area contributed by atoms with Crippen molar-refractivity contribution in [3.05, 3.63) is 53.6 Å². The Kier molecular flexibility index (Phi) is 4.25. The molecule has 0 bridgehead atoms. The van der Waals surface area contributed by atoms with E-state index in [1.54, 1.807) is 14.0 Å². The summed E-state index contributed by atoms with van der Waals surface area (Å²) in [6, 6.07) is 13.5. The summed E-state index contributed by atoms with van der Waals surface area (Å²) in [5.41, 5.74) is 9.83.